The number of rotatable bonds is 55. The van der Waals surface area contributed by atoms with Crippen LogP contribution >= 0.6 is 0 Å². The lowest BCUT2D eigenvalue weighted by Crippen LogP contribution is -2.58. The summed E-state index contributed by atoms with van der Waals surface area (Å²) in [5, 5.41) is 36.5. The number of alkyl carbamates (subject to hydrolysis) is 1. The summed E-state index contributed by atoms with van der Waals surface area (Å²) < 4.78 is 93.6. The van der Waals surface area contributed by atoms with Crippen molar-refractivity contribution in [2.45, 2.75) is 129 Å². The highest BCUT2D eigenvalue weighted by molar-refractivity contribution is 5.96. The number of hydrogen-bond acceptors (Lipinski definition) is 27. The number of nitrogens with zero attached hydrogens (tertiary/aromatic N) is 2. The highest BCUT2D eigenvalue weighted by atomic mass is 19.1. The van der Waals surface area contributed by atoms with Crippen LogP contribution in [-0.2, 0) is 120 Å². The van der Waals surface area contributed by atoms with Crippen molar-refractivity contribution in [3.05, 3.63) is 61.7 Å². The largest absolute Gasteiger partial charge is 0.458 e. The zero-order valence-corrected chi connectivity index (χ0v) is 61.9. The van der Waals surface area contributed by atoms with Gasteiger partial charge < -0.3 is 119 Å². The van der Waals surface area contributed by atoms with E-state index < -0.39 is 113 Å². The fourth-order valence-corrected chi connectivity index (χ4v) is 11.8. The number of amides is 8. The minimum atomic E-state index is -2.14. The number of urea groups is 1. The Balaban J connectivity index is 0.792. The molecule has 37 heteroatoms. The summed E-state index contributed by atoms with van der Waals surface area (Å²) in [6.07, 6.45) is -1.99. The van der Waals surface area contributed by atoms with Crippen molar-refractivity contribution in [3.63, 3.8) is 0 Å². The van der Waals surface area contributed by atoms with Gasteiger partial charge in [0.1, 0.15) is 24.5 Å². The lowest BCUT2D eigenvalue weighted by Gasteiger charge is -2.35. The van der Waals surface area contributed by atoms with Crippen molar-refractivity contribution in [1.29, 1.82) is 0 Å². The third-order valence-corrected chi connectivity index (χ3v) is 17.4. The van der Waals surface area contributed by atoms with Crippen molar-refractivity contribution in [2.24, 2.45) is 23.3 Å². The van der Waals surface area contributed by atoms with Crippen molar-refractivity contribution in [2.75, 3.05) is 172 Å². The standard InChI is InChI=1S/C70H108FN11O25/c1-43(2)61(80-63(85)52(72)40-58(84)74-13-15-95-17-19-97-21-23-99-25-27-101-29-31-103-33-35-105-37-36-104-34-32-102-30-28-100-26-24-98-22-20-96-18-16-94-14-11-57(83)81-93)65(87)78-54(8-7-12-75-68(73)90)64(86)76-46(6)107-69(91)79-53-10-9-47-45(5)51(71)39-55-59(47)60(53)48-41-82-56(62(48)77-55)38-50-49(66(82)88)42-106-67(89)70(50,92)44(3)4/h38-39,43-44,46,52-54,61,92-93H,7-37,40-42,72H2,1-6H3,(H,74,84)(H,76,86)(H,78,87)(H,79,91)(H,80,85)(H,81,83)(H3,73,75,90)/t46?,52-,53-,54-,61-,70-/m0/s1. The zero-order valence-electron chi connectivity index (χ0n) is 61.9. The van der Waals surface area contributed by atoms with Gasteiger partial charge in [-0.25, -0.2) is 29.2 Å². The van der Waals surface area contributed by atoms with E-state index in [0.29, 0.717) is 172 Å². The normalized spacial score (nSPS) is 16.1. The molecule has 0 bridgehead atoms. The number of primary amides is 1. The molecule has 107 heavy (non-hydrogen) atoms. The van der Waals surface area contributed by atoms with Gasteiger partial charge in [-0.15, -0.1) is 0 Å². The predicted molar refractivity (Wildman–Crippen MR) is 378 cm³/mol. The summed E-state index contributed by atoms with van der Waals surface area (Å²) in [7, 11) is 0. The van der Waals surface area contributed by atoms with Crippen molar-refractivity contribution in [3.8, 4) is 11.4 Å². The van der Waals surface area contributed by atoms with Gasteiger partial charge in [0.15, 0.2) is 11.8 Å². The molecule has 1 aliphatic carbocycles. The minimum Gasteiger partial charge on any atom is -0.458 e. The van der Waals surface area contributed by atoms with Gasteiger partial charge in [0, 0.05) is 35.7 Å². The Morgan fingerprint density at radius 3 is 1.66 bits per heavy atom. The van der Waals surface area contributed by atoms with E-state index in [1.807, 2.05) is 0 Å². The number of cyclic esters (lactones) is 1. The Kier molecular flexibility index (Phi) is 38.9. The molecule has 2 aromatic heterocycles. The molecular formula is C70H108FN11O25. The van der Waals surface area contributed by atoms with Crippen molar-refractivity contribution < 1.29 is 119 Å². The number of nitrogens with two attached hydrogens (primary N) is 2. The van der Waals surface area contributed by atoms with Crippen LogP contribution in [0.25, 0.3) is 22.3 Å². The van der Waals surface area contributed by atoms with E-state index in [4.69, 9.17) is 88.0 Å². The van der Waals surface area contributed by atoms with Gasteiger partial charge in [-0.1, -0.05) is 27.7 Å². The Labute approximate surface area is 620 Å². The Morgan fingerprint density at radius 2 is 1.17 bits per heavy atom. The molecule has 3 aliphatic rings. The number of carbonyl (C=O) groups excluding carboxylic acids is 8. The number of ether oxygens (including phenoxy) is 14. The Bertz CT molecular complexity index is 3430. The first kappa shape index (κ1) is 88.2. The summed E-state index contributed by atoms with van der Waals surface area (Å²) in [5.74, 6) is -6.11. The summed E-state index contributed by atoms with van der Waals surface area (Å²) in [4.78, 5) is 123. The van der Waals surface area contributed by atoms with Crippen LogP contribution in [0.4, 0.5) is 14.0 Å². The third kappa shape index (κ3) is 28.3. The van der Waals surface area contributed by atoms with E-state index in [9.17, 15) is 48.3 Å². The number of aryl methyl sites for hydroxylation is 1. The average Bonchev–Trinajstić information content (AvgIpc) is 1.60. The average molecular weight is 1520 g/mol. The molecule has 13 N–H and O–H groups in total. The molecule has 1 aromatic carbocycles. The van der Waals surface area contributed by atoms with Crippen LogP contribution in [0, 0.1) is 24.6 Å². The molecule has 600 valence electrons. The number of nitrogens with one attached hydrogen (secondary N) is 7. The van der Waals surface area contributed by atoms with Crippen LogP contribution in [0.3, 0.4) is 0 Å². The SMILES string of the molecule is Cc1c(F)cc2nc3c(c4c2c1CC[C@@H]4NC(=O)OC(C)NC(=O)[C@H](CCCNC(N)=O)NC(=O)[C@@H](NC(=O)[C@@H](N)CC(=O)NCCOCCOCCOCCOCCOCCOCCOCCOCCOCCOCCOCCOCCC(=O)NO)C(C)C)Cn1c-3cc2c(c1=O)COC(=O)[C@]2(O)C(C)C. The zero-order chi connectivity index (χ0) is 77.7. The molecule has 3 aromatic rings. The van der Waals surface area contributed by atoms with Gasteiger partial charge in [-0.3, -0.25) is 34.0 Å². The molecule has 6 atom stereocenters. The molecule has 36 nitrogen and oxygen atoms in total. The lowest BCUT2D eigenvalue weighted by molar-refractivity contribution is -0.177. The monoisotopic (exact) mass is 1520 g/mol. The highest BCUT2D eigenvalue weighted by Crippen LogP contribution is 2.46. The summed E-state index contributed by atoms with van der Waals surface area (Å²) >= 11 is 0. The summed E-state index contributed by atoms with van der Waals surface area (Å²) in [5.41, 5.74) is 13.5. The summed E-state index contributed by atoms with van der Waals surface area (Å²) in [6.45, 7) is 18.2. The molecule has 6 rings (SSSR count). The maximum absolute atomic E-state index is 15.6. The number of fused-ring (bicyclic) bond motifs is 5. The molecule has 0 radical (unpaired) electrons. The topological polar surface area (TPSA) is 477 Å². The number of esters is 1. The highest BCUT2D eigenvalue weighted by Gasteiger charge is 2.49. The van der Waals surface area contributed by atoms with E-state index in [-0.39, 0.29) is 101 Å². The molecule has 0 fully saturated rings. The Hall–Kier alpha value is -7.73. The van der Waals surface area contributed by atoms with E-state index in [0.717, 1.165) is 0 Å². The van der Waals surface area contributed by atoms with E-state index in [1.54, 1.807) is 40.7 Å². The molecule has 2 aliphatic heterocycles. The van der Waals surface area contributed by atoms with Gasteiger partial charge in [0.05, 0.1) is 213 Å². The fourth-order valence-electron chi connectivity index (χ4n) is 11.8. The van der Waals surface area contributed by atoms with Gasteiger partial charge in [0.25, 0.3) is 5.56 Å². The molecular weight excluding hydrogens is 1410 g/mol. The minimum absolute atomic E-state index is 0.0164. The molecule has 1 unspecified atom stereocenters. The van der Waals surface area contributed by atoms with E-state index in [2.05, 4.69) is 31.9 Å². The summed E-state index contributed by atoms with van der Waals surface area (Å²) in [6, 6.07) is -2.72. The smallest absolute Gasteiger partial charge is 0.409 e. The first-order valence-corrected chi connectivity index (χ1v) is 36.1. The van der Waals surface area contributed by atoms with Gasteiger partial charge in [0.2, 0.25) is 29.5 Å². The molecule has 0 spiro atoms. The number of aliphatic hydroxyl groups is 1. The predicted octanol–water partition coefficient (Wildman–Crippen LogP) is -0.0488. The maximum Gasteiger partial charge on any atom is 0.409 e. The van der Waals surface area contributed by atoms with Crippen molar-refractivity contribution >= 4 is 58.5 Å². The first-order valence-electron chi connectivity index (χ1n) is 36.1. The van der Waals surface area contributed by atoms with Crippen LogP contribution in [0.15, 0.2) is 16.9 Å². The number of halogens is 1. The number of carbonyl (C=O) groups is 8. The quantitative estimate of drug-likeness (QED) is 0.00907. The number of hydrogen-bond donors (Lipinski definition) is 11. The van der Waals surface area contributed by atoms with Crippen LogP contribution < -0.4 is 54.4 Å². The number of benzene rings is 1. The van der Waals surface area contributed by atoms with Crippen LogP contribution in [-0.4, -0.2) is 264 Å². The van der Waals surface area contributed by atoms with E-state index >= 15 is 4.39 Å². The Morgan fingerprint density at radius 1 is 0.654 bits per heavy atom. The molecule has 8 amide bonds. The molecule has 0 saturated carbocycles. The number of hydroxylamine groups is 1. The van der Waals surface area contributed by atoms with Gasteiger partial charge in [-0.05, 0) is 74.1 Å². The van der Waals surface area contributed by atoms with Crippen LogP contribution in [0.2, 0.25) is 0 Å². The van der Waals surface area contributed by atoms with E-state index in [1.165, 1.54) is 23.0 Å². The van der Waals surface area contributed by atoms with Crippen LogP contribution in [0.1, 0.15) is 106 Å². The lowest BCUT2D eigenvalue weighted by atomic mass is 9.79. The maximum atomic E-state index is 15.6. The second kappa shape index (κ2) is 47.3. The van der Waals surface area contributed by atoms with Crippen molar-refractivity contribution in [1.82, 2.24) is 46.9 Å². The van der Waals surface area contributed by atoms with Gasteiger partial charge >= 0.3 is 18.1 Å². The molecule has 4 heterocycles. The number of aromatic nitrogens is 2. The second-order valence-electron chi connectivity index (χ2n) is 25.8. The molecule has 0 saturated heterocycles. The number of pyridine rings is 2. The van der Waals surface area contributed by atoms with Gasteiger partial charge in [-0.2, -0.15) is 0 Å². The first-order chi connectivity index (χ1) is 51.5. The van der Waals surface area contributed by atoms with Crippen LogP contribution in [0.5, 0.6) is 0 Å². The third-order valence-electron chi connectivity index (χ3n) is 17.4. The fraction of sp³-hybridized carbons (Fsp3) is 0.686. The second-order valence-corrected chi connectivity index (χ2v) is 25.8.